The number of anilines is 1. The number of hydrazone groups is 1. The summed E-state index contributed by atoms with van der Waals surface area (Å²) in [6, 6.07) is 3.55. The molecule has 1 heterocycles. The summed E-state index contributed by atoms with van der Waals surface area (Å²) >= 11 is 4.55. The van der Waals surface area contributed by atoms with Crippen LogP contribution >= 0.6 is 12.2 Å². The number of nitrogens with one attached hydrogen (secondary N) is 1. The number of pyridine rings is 1. The molecule has 0 aromatic carbocycles. The summed E-state index contributed by atoms with van der Waals surface area (Å²) in [5.41, 5.74) is 13.8. The summed E-state index contributed by atoms with van der Waals surface area (Å²) in [5.74, 6) is 0.413. The van der Waals surface area contributed by atoms with Crippen molar-refractivity contribution < 1.29 is 0 Å². The molecule has 1 aromatic heterocycles. The largest absolute Gasteiger partial charge is 0.383 e. The van der Waals surface area contributed by atoms with Gasteiger partial charge in [-0.25, -0.2) is 4.98 Å². The zero-order chi connectivity index (χ0) is 9.68. The molecule has 0 bridgehead atoms. The minimum Gasteiger partial charge on any atom is -0.383 e. The molecule has 0 unspecified atom stereocenters. The second-order valence-electron chi connectivity index (χ2n) is 2.21. The lowest BCUT2D eigenvalue weighted by molar-refractivity contribution is 1.04. The van der Waals surface area contributed by atoms with Gasteiger partial charge in [-0.2, -0.15) is 5.10 Å². The molecule has 0 aliphatic heterocycles. The van der Waals surface area contributed by atoms with Crippen LogP contribution in [-0.4, -0.2) is 16.3 Å². The van der Waals surface area contributed by atoms with E-state index in [4.69, 9.17) is 11.5 Å². The molecule has 13 heavy (non-hydrogen) atoms. The van der Waals surface area contributed by atoms with Gasteiger partial charge in [0.05, 0.1) is 6.21 Å². The number of thiocarbonyl (C=S) groups is 1. The van der Waals surface area contributed by atoms with Crippen LogP contribution in [0.4, 0.5) is 5.82 Å². The molecule has 0 spiro atoms. The van der Waals surface area contributed by atoms with Crippen molar-refractivity contribution in [3.8, 4) is 0 Å². The fourth-order valence-electron chi connectivity index (χ4n) is 0.705. The molecule has 0 saturated heterocycles. The Kier molecular flexibility index (Phi) is 3.15. The van der Waals surface area contributed by atoms with Crippen molar-refractivity contribution in [2.75, 3.05) is 5.73 Å². The SMILES string of the molecule is NC(=S)N/N=C/c1cccnc1N. The Labute approximate surface area is 80.8 Å². The van der Waals surface area contributed by atoms with Crippen molar-refractivity contribution in [2.24, 2.45) is 10.8 Å². The van der Waals surface area contributed by atoms with Crippen molar-refractivity contribution in [1.29, 1.82) is 0 Å². The normalized spacial score (nSPS) is 10.2. The fraction of sp³-hybridized carbons (Fsp3) is 0. The summed E-state index contributed by atoms with van der Waals surface area (Å²) in [6.45, 7) is 0. The lowest BCUT2D eigenvalue weighted by Crippen LogP contribution is -2.24. The van der Waals surface area contributed by atoms with Crippen molar-refractivity contribution in [3.63, 3.8) is 0 Å². The third kappa shape index (κ3) is 3.04. The van der Waals surface area contributed by atoms with E-state index in [1.807, 2.05) is 0 Å². The average molecular weight is 195 g/mol. The molecule has 0 saturated carbocycles. The zero-order valence-corrected chi connectivity index (χ0v) is 7.58. The number of rotatable bonds is 2. The van der Waals surface area contributed by atoms with Gasteiger partial charge < -0.3 is 11.5 Å². The van der Waals surface area contributed by atoms with Gasteiger partial charge in [0, 0.05) is 11.8 Å². The van der Waals surface area contributed by atoms with Crippen LogP contribution in [-0.2, 0) is 0 Å². The maximum Gasteiger partial charge on any atom is 0.184 e. The van der Waals surface area contributed by atoms with E-state index in [0.717, 1.165) is 0 Å². The quantitative estimate of drug-likeness (QED) is 0.346. The molecule has 0 fully saturated rings. The van der Waals surface area contributed by atoms with Gasteiger partial charge in [-0.05, 0) is 24.4 Å². The molecule has 6 heteroatoms. The van der Waals surface area contributed by atoms with Crippen molar-refractivity contribution >= 4 is 29.4 Å². The van der Waals surface area contributed by atoms with Gasteiger partial charge in [-0.3, -0.25) is 5.43 Å². The first-order valence-electron chi connectivity index (χ1n) is 3.49. The third-order valence-corrected chi connectivity index (χ3v) is 1.34. The molecule has 0 atom stereocenters. The number of hydrogen-bond acceptors (Lipinski definition) is 4. The summed E-state index contributed by atoms with van der Waals surface area (Å²) in [4.78, 5) is 3.87. The first kappa shape index (κ1) is 9.40. The van der Waals surface area contributed by atoms with Crippen LogP contribution in [0.3, 0.4) is 0 Å². The first-order chi connectivity index (χ1) is 6.20. The highest BCUT2D eigenvalue weighted by atomic mass is 32.1. The first-order valence-corrected chi connectivity index (χ1v) is 3.90. The van der Waals surface area contributed by atoms with E-state index < -0.39 is 0 Å². The van der Waals surface area contributed by atoms with Crippen LogP contribution in [0.1, 0.15) is 5.56 Å². The van der Waals surface area contributed by atoms with Gasteiger partial charge in [-0.15, -0.1) is 0 Å². The van der Waals surface area contributed by atoms with E-state index in [9.17, 15) is 0 Å². The van der Waals surface area contributed by atoms with Crippen LogP contribution in [0.15, 0.2) is 23.4 Å². The van der Waals surface area contributed by atoms with Crippen molar-refractivity contribution in [3.05, 3.63) is 23.9 Å². The second kappa shape index (κ2) is 4.36. The highest BCUT2D eigenvalue weighted by Gasteiger charge is 1.93. The molecule has 0 aliphatic carbocycles. The topological polar surface area (TPSA) is 89.3 Å². The van der Waals surface area contributed by atoms with E-state index in [2.05, 4.69) is 27.7 Å². The molecule has 1 rings (SSSR count). The molecule has 0 radical (unpaired) electrons. The summed E-state index contributed by atoms with van der Waals surface area (Å²) in [7, 11) is 0. The highest BCUT2D eigenvalue weighted by molar-refractivity contribution is 7.80. The monoisotopic (exact) mass is 195 g/mol. The standard InChI is InChI=1S/C7H9N5S/c8-6-5(2-1-3-10-6)4-11-12-7(9)13/h1-4H,(H2,8,10)(H3,9,12,13)/b11-4+. The van der Waals surface area contributed by atoms with E-state index in [1.165, 1.54) is 6.21 Å². The Morgan fingerprint density at radius 1 is 1.69 bits per heavy atom. The smallest absolute Gasteiger partial charge is 0.184 e. The predicted molar refractivity (Wildman–Crippen MR) is 56.2 cm³/mol. The minimum atomic E-state index is 0.110. The van der Waals surface area contributed by atoms with Crippen molar-refractivity contribution in [2.45, 2.75) is 0 Å². The van der Waals surface area contributed by atoms with Gasteiger partial charge in [-0.1, -0.05) is 0 Å². The lowest BCUT2D eigenvalue weighted by Gasteiger charge is -1.97. The Balaban J connectivity index is 2.68. The second-order valence-corrected chi connectivity index (χ2v) is 2.65. The Bertz CT molecular complexity index is 335. The zero-order valence-electron chi connectivity index (χ0n) is 6.77. The molecule has 5 N–H and O–H groups in total. The Morgan fingerprint density at radius 3 is 3.08 bits per heavy atom. The number of nitrogen functional groups attached to an aromatic ring is 1. The van der Waals surface area contributed by atoms with Crippen LogP contribution in [0.5, 0.6) is 0 Å². The number of hydrogen-bond donors (Lipinski definition) is 3. The van der Waals surface area contributed by atoms with Crippen molar-refractivity contribution in [1.82, 2.24) is 10.4 Å². The van der Waals surface area contributed by atoms with E-state index in [-0.39, 0.29) is 5.11 Å². The third-order valence-electron chi connectivity index (χ3n) is 1.25. The van der Waals surface area contributed by atoms with Crippen LogP contribution in [0.2, 0.25) is 0 Å². The number of aromatic nitrogens is 1. The van der Waals surface area contributed by atoms with Crippen LogP contribution in [0, 0.1) is 0 Å². The lowest BCUT2D eigenvalue weighted by atomic mass is 10.3. The van der Waals surface area contributed by atoms with Gasteiger partial charge in [0.25, 0.3) is 0 Å². The maximum absolute atomic E-state index is 5.54. The molecule has 1 aromatic rings. The molecular formula is C7H9N5S. The molecule has 0 amide bonds. The Hall–Kier alpha value is -1.69. The van der Waals surface area contributed by atoms with Gasteiger partial charge in [0.15, 0.2) is 5.11 Å². The van der Waals surface area contributed by atoms with Gasteiger partial charge in [0.1, 0.15) is 5.82 Å². The van der Waals surface area contributed by atoms with Crippen LogP contribution < -0.4 is 16.9 Å². The van der Waals surface area contributed by atoms with E-state index in [1.54, 1.807) is 18.3 Å². The Morgan fingerprint density at radius 2 is 2.46 bits per heavy atom. The summed E-state index contributed by atoms with van der Waals surface area (Å²) in [5, 5.41) is 3.85. The number of nitrogens with zero attached hydrogens (tertiary/aromatic N) is 2. The highest BCUT2D eigenvalue weighted by Crippen LogP contribution is 2.02. The minimum absolute atomic E-state index is 0.110. The summed E-state index contributed by atoms with van der Waals surface area (Å²) in [6.07, 6.45) is 3.11. The average Bonchev–Trinajstić information content (AvgIpc) is 2.08. The molecular weight excluding hydrogens is 186 g/mol. The molecule has 0 aliphatic rings. The van der Waals surface area contributed by atoms with Gasteiger partial charge >= 0.3 is 0 Å². The van der Waals surface area contributed by atoms with Crippen LogP contribution in [0.25, 0.3) is 0 Å². The molecule has 68 valence electrons. The summed E-state index contributed by atoms with van der Waals surface area (Å²) < 4.78 is 0. The van der Waals surface area contributed by atoms with E-state index in [0.29, 0.717) is 11.4 Å². The number of nitrogens with two attached hydrogens (primary N) is 2. The van der Waals surface area contributed by atoms with Gasteiger partial charge in [0.2, 0.25) is 0 Å². The predicted octanol–water partition coefficient (Wildman–Crippen LogP) is -0.169. The molecule has 5 nitrogen and oxygen atoms in total. The fourth-order valence-corrected chi connectivity index (χ4v) is 0.757. The maximum atomic E-state index is 5.54. The van der Waals surface area contributed by atoms with E-state index >= 15 is 0 Å².